The Kier molecular flexibility index (Phi) is 4.50. The summed E-state index contributed by atoms with van der Waals surface area (Å²) in [5, 5.41) is 0.536. The zero-order valence-corrected chi connectivity index (χ0v) is 15.9. The lowest BCUT2D eigenvalue weighted by molar-refractivity contribution is -0.129. The standard InChI is InChI=1S/C22H21FN4O2/c23-19-13-24-12-18-20(7-9-25-22(18)19)29-17-5-3-15(4-6-17)26-11-8-16(14-26)27-10-1-2-21(27)28/h3-7,9,12-13,16H,1-2,8,10-11,14H2/t16-/m0/s1. The first-order valence-corrected chi connectivity index (χ1v) is 9.89. The third-order valence-corrected chi connectivity index (χ3v) is 5.71. The van der Waals surface area contributed by atoms with Crippen LogP contribution in [0.15, 0.2) is 48.9 Å². The number of fused-ring (bicyclic) bond motifs is 1. The van der Waals surface area contributed by atoms with E-state index < -0.39 is 5.82 Å². The largest absolute Gasteiger partial charge is 0.457 e. The van der Waals surface area contributed by atoms with Gasteiger partial charge in [0, 0.05) is 44.1 Å². The second-order valence-corrected chi connectivity index (χ2v) is 7.50. The van der Waals surface area contributed by atoms with Crippen LogP contribution in [0.1, 0.15) is 19.3 Å². The Morgan fingerprint density at radius 3 is 2.76 bits per heavy atom. The second-order valence-electron chi connectivity index (χ2n) is 7.50. The number of hydrogen-bond acceptors (Lipinski definition) is 5. The van der Waals surface area contributed by atoms with Crippen LogP contribution in [0.2, 0.25) is 0 Å². The Morgan fingerprint density at radius 2 is 1.97 bits per heavy atom. The predicted octanol–water partition coefficient (Wildman–Crippen LogP) is 3.76. The van der Waals surface area contributed by atoms with Crippen LogP contribution < -0.4 is 9.64 Å². The average Bonchev–Trinajstić information content (AvgIpc) is 3.38. The lowest BCUT2D eigenvalue weighted by atomic mass is 10.2. The van der Waals surface area contributed by atoms with Crippen molar-refractivity contribution in [3.8, 4) is 11.5 Å². The molecule has 1 amide bonds. The lowest BCUT2D eigenvalue weighted by Crippen LogP contribution is -2.38. The topological polar surface area (TPSA) is 58.6 Å². The van der Waals surface area contributed by atoms with Crippen molar-refractivity contribution in [2.45, 2.75) is 25.3 Å². The number of rotatable bonds is 4. The number of likely N-dealkylation sites (tertiary alicyclic amines) is 1. The highest BCUT2D eigenvalue weighted by Gasteiger charge is 2.33. The summed E-state index contributed by atoms with van der Waals surface area (Å²) in [6.45, 7) is 2.69. The normalized spacial score (nSPS) is 19.3. The third kappa shape index (κ3) is 3.37. The van der Waals surface area contributed by atoms with Crippen LogP contribution in [0.4, 0.5) is 10.1 Å². The first-order valence-electron chi connectivity index (χ1n) is 9.89. The van der Waals surface area contributed by atoms with Gasteiger partial charge in [0.25, 0.3) is 0 Å². The molecule has 29 heavy (non-hydrogen) atoms. The lowest BCUT2D eigenvalue weighted by Gasteiger charge is -2.25. The van der Waals surface area contributed by atoms with Crippen molar-refractivity contribution >= 4 is 22.5 Å². The molecule has 7 heteroatoms. The third-order valence-electron chi connectivity index (χ3n) is 5.71. The van der Waals surface area contributed by atoms with Crippen molar-refractivity contribution in [2.75, 3.05) is 24.5 Å². The second kappa shape index (κ2) is 7.31. The number of benzene rings is 1. The van der Waals surface area contributed by atoms with E-state index in [1.165, 1.54) is 6.20 Å². The maximum atomic E-state index is 13.9. The van der Waals surface area contributed by atoms with E-state index in [0.717, 1.165) is 44.4 Å². The molecule has 0 radical (unpaired) electrons. The predicted molar refractivity (Wildman–Crippen MR) is 108 cm³/mol. The fourth-order valence-corrected chi connectivity index (χ4v) is 4.24. The van der Waals surface area contributed by atoms with Crippen molar-refractivity contribution < 1.29 is 13.9 Å². The van der Waals surface area contributed by atoms with Gasteiger partial charge in [-0.25, -0.2) is 4.39 Å². The minimum Gasteiger partial charge on any atom is -0.457 e. The van der Waals surface area contributed by atoms with Gasteiger partial charge in [0.2, 0.25) is 5.91 Å². The fourth-order valence-electron chi connectivity index (χ4n) is 4.24. The summed E-state index contributed by atoms with van der Waals surface area (Å²) >= 11 is 0. The Bertz CT molecular complexity index is 1060. The van der Waals surface area contributed by atoms with E-state index in [1.807, 2.05) is 29.2 Å². The monoisotopic (exact) mass is 392 g/mol. The van der Waals surface area contributed by atoms with Gasteiger partial charge in [-0.3, -0.25) is 14.8 Å². The quantitative estimate of drug-likeness (QED) is 0.677. The van der Waals surface area contributed by atoms with Crippen molar-refractivity contribution in [1.82, 2.24) is 14.9 Å². The summed E-state index contributed by atoms with van der Waals surface area (Å²) in [5.74, 6) is 0.999. The highest BCUT2D eigenvalue weighted by atomic mass is 19.1. The highest BCUT2D eigenvalue weighted by molar-refractivity contribution is 5.84. The molecular weight excluding hydrogens is 371 g/mol. The minimum absolute atomic E-state index is 0.244. The number of amides is 1. The first kappa shape index (κ1) is 17.8. The van der Waals surface area contributed by atoms with E-state index in [1.54, 1.807) is 12.3 Å². The molecule has 0 saturated carbocycles. The minimum atomic E-state index is -0.469. The molecule has 0 spiro atoms. The molecule has 6 nitrogen and oxygen atoms in total. The summed E-state index contributed by atoms with van der Waals surface area (Å²) < 4.78 is 19.9. The molecule has 5 rings (SSSR count). The summed E-state index contributed by atoms with van der Waals surface area (Å²) in [6, 6.07) is 9.87. The molecule has 2 aliphatic heterocycles. The van der Waals surface area contributed by atoms with Gasteiger partial charge in [-0.2, -0.15) is 0 Å². The van der Waals surface area contributed by atoms with Gasteiger partial charge >= 0.3 is 0 Å². The molecule has 2 saturated heterocycles. The number of pyridine rings is 2. The van der Waals surface area contributed by atoms with E-state index in [0.29, 0.717) is 29.3 Å². The molecule has 0 N–H and O–H groups in total. The van der Waals surface area contributed by atoms with Gasteiger partial charge in [0.1, 0.15) is 17.0 Å². The van der Waals surface area contributed by atoms with Crippen molar-refractivity contribution in [1.29, 1.82) is 0 Å². The van der Waals surface area contributed by atoms with Crippen LogP contribution in [0.3, 0.4) is 0 Å². The molecule has 148 valence electrons. The number of halogens is 1. The Balaban J connectivity index is 1.30. The average molecular weight is 392 g/mol. The number of aromatic nitrogens is 2. The molecule has 1 aromatic carbocycles. The van der Waals surface area contributed by atoms with Crippen molar-refractivity contribution in [3.63, 3.8) is 0 Å². The van der Waals surface area contributed by atoms with Gasteiger partial charge in [-0.1, -0.05) is 0 Å². The smallest absolute Gasteiger partial charge is 0.222 e. The molecule has 1 atom stereocenters. The van der Waals surface area contributed by atoms with E-state index >= 15 is 0 Å². The van der Waals surface area contributed by atoms with E-state index in [2.05, 4.69) is 14.9 Å². The van der Waals surface area contributed by atoms with Crippen molar-refractivity contribution in [3.05, 3.63) is 54.7 Å². The number of carbonyl (C=O) groups excluding carboxylic acids is 1. The van der Waals surface area contributed by atoms with E-state index in [9.17, 15) is 9.18 Å². The fraction of sp³-hybridized carbons (Fsp3) is 0.318. The molecule has 0 aliphatic carbocycles. The number of nitrogens with zero attached hydrogens (tertiary/aromatic N) is 4. The van der Waals surface area contributed by atoms with Gasteiger partial charge in [-0.15, -0.1) is 0 Å². The number of anilines is 1. The summed E-state index contributed by atoms with van der Waals surface area (Å²) in [5.41, 5.74) is 1.35. The molecule has 2 aliphatic rings. The summed E-state index contributed by atoms with van der Waals surface area (Å²) in [6.07, 6.45) is 6.90. The van der Waals surface area contributed by atoms with Crippen LogP contribution >= 0.6 is 0 Å². The van der Waals surface area contributed by atoms with Gasteiger partial charge in [0.05, 0.1) is 17.6 Å². The summed E-state index contributed by atoms with van der Waals surface area (Å²) in [4.78, 5) is 24.3. The number of ether oxygens (including phenoxy) is 1. The maximum absolute atomic E-state index is 13.9. The van der Waals surface area contributed by atoms with E-state index in [4.69, 9.17) is 4.74 Å². The maximum Gasteiger partial charge on any atom is 0.222 e. The molecule has 3 aromatic rings. The SMILES string of the molecule is O=C1CCCN1[C@H]1CCN(c2ccc(Oc3ccnc4c(F)cncc34)cc2)C1. The Hall–Kier alpha value is -3.22. The Labute approximate surface area is 167 Å². The van der Waals surface area contributed by atoms with Gasteiger partial charge < -0.3 is 14.5 Å². The Morgan fingerprint density at radius 1 is 1.10 bits per heavy atom. The molecule has 4 heterocycles. The molecule has 2 fully saturated rings. The van der Waals surface area contributed by atoms with Crippen LogP contribution in [0.5, 0.6) is 11.5 Å². The van der Waals surface area contributed by atoms with Gasteiger partial charge in [0.15, 0.2) is 5.82 Å². The van der Waals surface area contributed by atoms with Crippen LogP contribution in [-0.4, -0.2) is 46.5 Å². The highest BCUT2D eigenvalue weighted by Crippen LogP contribution is 2.31. The van der Waals surface area contributed by atoms with Crippen LogP contribution in [0.25, 0.3) is 10.9 Å². The molecule has 0 unspecified atom stereocenters. The van der Waals surface area contributed by atoms with Crippen molar-refractivity contribution in [2.24, 2.45) is 0 Å². The first-order chi connectivity index (χ1) is 14.2. The van der Waals surface area contributed by atoms with Crippen LogP contribution in [0, 0.1) is 5.82 Å². The number of carbonyl (C=O) groups is 1. The zero-order valence-electron chi connectivity index (χ0n) is 15.9. The number of hydrogen-bond donors (Lipinski definition) is 0. The summed E-state index contributed by atoms with van der Waals surface area (Å²) in [7, 11) is 0. The van der Waals surface area contributed by atoms with E-state index in [-0.39, 0.29) is 11.4 Å². The molecule has 2 aromatic heterocycles. The molecule has 0 bridgehead atoms. The molecular formula is C22H21FN4O2. The van der Waals surface area contributed by atoms with Gasteiger partial charge in [-0.05, 0) is 43.2 Å². The van der Waals surface area contributed by atoms with Crippen LogP contribution in [-0.2, 0) is 4.79 Å². The zero-order chi connectivity index (χ0) is 19.8.